The second kappa shape index (κ2) is 11.1. The minimum atomic E-state index is -5.16. The van der Waals surface area contributed by atoms with Crippen LogP contribution in [0, 0.1) is 0 Å². The van der Waals surface area contributed by atoms with E-state index in [2.05, 4.69) is 6.58 Å². The summed E-state index contributed by atoms with van der Waals surface area (Å²) in [5.74, 6) is -2.61. The molecule has 0 bridgehead atoms. The van der Waals surface area contributed by atoms with Crippen molar-refractivity contribution in [2.45, 2.75) is 24.6 Å². The molecule has 0 aliphatic heterocycles. The first kappa shape index (κ1) is 28.1. The molecule has 0 saturated carbocycles. The summed E-state index contributed by atoms with van der Waals surface area (Å²) in [6.45, 7) is 4.52. The average Bonchev–Trinajstić information content (AvgIpc) is 2.77. The van der Waals surface area contributed by atoms with Crippen LogP contribution in [0.1, 0.15) is 28.8 Å². The second-order valence-corrected chi connectivity index (χ2v) is 8.17. The molecular formula is C24H22Cl2F3NO5. The van der Waals surface area contributed by atoms with E-state index >= 15 is 0 Å². The van der Waals surface area contributed by atoms with Crippen LogP contribution in [-0.2, 0) is 0 Å². The summed E-state index contributed by atoms with van der Waals surface area (Å²) in [5.41, 5.74) is 1.09. The highest BCUT2D eigenvalue weighted by molar-refractivity contribution is 6.31. The van der Waals surface area contributed by atoms with E-state index in [1.807, 2.05) is 0 Å². The molecule has 0 aliphatic carbocycles. The summed E-state index contributed by atoms with van der Waals surface area (Å²) in [5, 5.41) is 19.7. The van der Waals surface area contributed by atoms with Crippen molar-refractivity contribution in [2.75, 3.05) is 7.11 Å². The van der Waals surface area contributed by atoms with Crippen molar-refractivity contribution >= 4 is 29.2 Å². The third-order valence-electron chi connectivity index (χ3n) is 5.16. The summed E-state index contributed by atoms with van der Waals surface area (Å²) < 4.78 is 53.5. The van der Waals surface area contributed by atoms with E-state index in [1.165, 1.54) is 43.5 Å². The molecule has 188 valence electrons. The van der Waals surface area contributed by atoms with Gasteiger partial charge in [0.05, 0.1) is 12.3 Å². The zero-order valence-electron chi connectivity index (χ0n) is 18.6. The highest BCUT2D eigenvalue weighted by atomic mass is 35.5. The molecule has 0 spiro atoms. The van der Waals surface area contributed by atoms with Crippen LogP contribution in [0.5, 0.6) is 17.2 Å². The fourth-order valence-electron chi connectivity index (χ4n) is 3.41. The number of allylic oxidation sites excluding steroid dienone is 2. The Balaban J connectivity index is 2.58. The van der Waals surface area contributed by atoms with Gasteiger partial charge in [0.1, 0.15) is 22.8 Å². The number of aliphatic hydroxyl groups is 1. The molecular weight excluding hydrogens is 510 g/mol. The molecule has 4 N–H and O–H groups in total. The van der Waals surface area contributed by atoms with Crippen LogP contribution in [0.15, 0.2) is 71.9 Å². The van der Waals surface area contributed by atoms with Crippen molar-refractivity contribution in [1.29, 1.82) is 0 Å². The number of rotatable bonds is 9. The maximum atomic E-state index is 14.3. The van der Waals surface area contributed by atoms with Crippen molar-refractivity contribution in [3.8, 4) is 17.2 Å². The number of halogens is 5. The van der Waals surface area contributed by atoms with Crippen LogP contribution in [0.3, 0.4) is 0 Å². The van der Waals surface area contributed by atoms with Gasteiger partial charge < -0.3 is 25.4 Å². The van der Waals surface area contributed by atoms with E-state index in [0.29, 0.717) is 0 Å². The molecule has 0 saturated heterocycles. The zero-order chi connectivity index (χ0) is 26.6. The molecule has 35 heavy (non-hydrogen) atoms. The van der Waals surface area contributed by atoms with Gasteiger partial charge in [0.25, 0.3) is 0 Å². The van der Waals surface area contributed by atoms with Crippen molar-refractivity contribution in [1.82, 2.24) is 0 Å². The number of hydrogen-bond acceptors (Lipinski definition) is 5. The highest BCUT2D eigenvalue weighted by Crippen LogP contribution is 2.48. The number of alkyl halides is 3. The van der Waals surface area contributed by atoms with Crippen molar-refractivity contribution < 1.29 is 37.7 Å². The normalized spacial score (nSPS) is 15.2. The number of carbonyl (C=O) groups is 1. The van der Waals surface area contributed by atoms with E-state index in [1.54, 1.807) is 0 Å². The molecule has 0 heterocycles. The number of methoxy groups -OCH3 is 1. The highest BCUT2D eigenvalue weighted by Gasteiger charge is 2.59. The second-order valence-electron chi connectivity index (χ2n) is 7.33. The van der Waals surface area contributed by atoms with Gasteiger partial charge in [0.2, 0.25) is 0 Å². The zero-order valence-corrected chi connectivity index (χ0v) is 20.1. The summed E-state index contributed by atoms with van der Waals surface area (Å²) in [7, 11) is 1.28. The standard InChI is InChI=1S/C24H22Cl2F3NO5/c1-4-5-14(10-21(26)30)23(33,24(27,28)29)13(2)18-11-15(7-9-19(18)25)35-16-6-8-17(22(31)32)20(12-16)34-3/h4-13,33H,1,30H2,2-3H3,(H,31,32)/b14-5+,21-10-. The van der Waals surface area contributed by atoms with Gasteiger partial charge in [0, 0.05) is 17.0 Å². The van der Waals surface area contributed by atoms with E-state index in [9.17, 15) is 28.2 Å². The lowest BCUT2D eigenvalue weighted by Crippen LogP contribution is -2.50. The average molecular weight is 532 g/mol. The summed E-state index contributed by atoms with van der Waals surface area (Å²) in [6.07, 6.45) is -2.36. The van der Waals surface area contributed by atoms with Crippen LogP contribution in [-0.4, -0.2) is 35.1 Å². The quantitative estimate of drug-likeness (QED) is 0.256. The fraction of sp³-hybridized carbons (Fsp3) is 0.208. The smallest absolute Gasteiger partial charge is 0.422 e. The Labute approximate surface area is 209 Å². The number of hydrogen-bond donors (Lipinski definition) is 3. The Morgan fingerprint density at radius 2 is 1.80 bits per heavy atom. The fourth-order valence-corrected chi connectivity index (χ4v) is 3.81. The summed E-state index contributed by atoms with van der Waals surface area (Å²) >= 11 is 11.8. The lowest BCUT2D eigenvalue weighted by Gasteiger charge is -2.37. The van der Waals surface area contributed by atoms with E-state index in [-0.39, 0.29) is 33.4 Å². The number of benzene rings is 2. The Morgan fingerprint density at radius 3 is 2.31 bits per heavy atom. The van der Waals surface area contributed by atoms with Crippen LogP contribution < -0.4 is 15.2 Å². The van der Waals surface area contributed by atoms with Crippen LogP contribution in [0.4, 0.5) is 13.2 Å². The van der Waals surface area contributed by atoms with Gasteiger partial charge in [-0.15, -0.1) is 0 Å². The number of ether oxygens (including phenoxy) is 2. The van der Waals surface area contributed by atoms with Crippen molar-refractivity contribution in [3.63, 3.8) is 0 Å². The Kier molecular flexibility index (Phi) is 8.89. The van der Waals surface area contributed by atoms with E-state index < -0.39 is 34.4 Å². The van der Waals surface area contributed by atoms with Gasteiger partial charge in [-0.3, -0.25) is 0 Å². The lowest BCUT2D eigenvalue weighted by atomic mass is 9.77. The predicted octanol–water partition coefficient (Wildman–Crippen LogP) is 6.39. The van der Waals surface area contributed by atoms with Gasteiger partial charge >= 0.3 is 12.1 Å². The largest absolute Gasteiger partial charge is 0.496 e. The molecule has 2 aromatic carbocycles. The Hall–Kier alpha value is -3.14. The van der Waals surface area contributed by atoms with Gasteiger partial charge in [-0.1, -0.05) is 48.9 Å². The summed E-state index contributed by atoms with van der Waals surface area (Å²) in [6, 6.07) is 7.88. The molecule has 2 rings (SSSR count). The molecule has 6 nitrogen and oxygen atoms in total. The summed E-state index contributed by atoms with van der Waals surface area (Å²) in [4.78, 5) is 11.3. The van der Waals surface area contributed by atoms with Gasteiger partial charge in [-0.2, -0.15) is 13.2 Å². The first-order chi connectivity index (χ1) is 16.3. The lowest BCUT2D eigenvalue weighted by molar-refractivity contribution is -0.250. The van der Waals surface area contributed by atoms with Gasteiger partial charge in [-0.05, 0) is 47.5 Å². The van der Waals surface area contributed by atoms with Crippen LogP contribution in [0.25, 0.3) is 0 Å². The van der Waals surface area contributed by atoms with E-state index in [4.69, 9.17) is 38.4 Å². The third-order valence-corrected chi connectivity index (χ3v) is 5.62. The minimum absolute atomic E-state index is 0.0219. The van der Waals surface area contributed by atoms with Gasteiger partial charge in [0.15, 0.2) is 5.60 Å². The molecule has 0 radical (unpaired) electrons. The first-order valence-corrected chi connectivity index (χ1v) is 10.6. The monoisotopic (exact) mass is 531 g/mol. The number of carboxylic acid groups (broad SMARTS) is 1. The van der Waals surface area contributed by atoms with Crippen molar-refractivity contribution in [3.05, 3.63) is 88.1 Å². The molecule has 0 aromatic heterocycles. The first-order valence-electron chi connectivity index (χ1n) is 9.89. The minimum Gasteiger partial charge on any atom is -0.496 e. The maximum Gasteiger partial charge on any atom is 0.422 e. The molecule has 11 heteroatoms. The SMILES string of the molecule is C=C/C=C(\C=C(/N)Cl)C(O)(C(C)c1cc(Oc2ccc(C(=O)O)c(OC)c2)ccc1Cl)C(F)(F)F. The van der Waals surface area contributed by atoms with E-state index in [0.717, 1.165) is 25.2 Å². The molecule has 2 aromatic rings. The Morgan fingerprint density at radius 1 is 1.20 bits per heavy atom. The molecule has 0 fully saturated rings. The topological polar surface area (TPSA) is 102 Å². The number of nitrogens with two attached hydrogens (primary N) is 1. The maximum absolute atomic E-state index is 14.3. The molecule has 2 atom stereocenters. The number of carboxylic acids is 1. The van der Waals surface area contributed by atoms with Gasteiger partial charge in [-0.25, -0.2) is 4.79 Å². The predicted molar refractivity (Wildman–Crippen MR) is 127 cm³/mol. The van der Waals surface area contributed by atoms with Crippen LogP contribution >= 0.6 is 23.2 Å². The molecule has 2 unspecified atom stereocenters. The molecule has 0 aliphatic rings. The van der Waals surface area contributed by atoms with Crippen molar-refractivity contribution in [2.24, 2.45) is 5.73 Å². The molecule has 0 amide bonds. The Bertz CT molecular complexity index is 1180. The third kappa shape index (κ3) is 6.11. The van der Waals surface area contributed by atoms with Crippen LogP contribution in [0.2, 0.25) is 5.02 Å². The number of aromatic carboxylic acids is 1.